The molecule has 3 fully saturated rings. The average Bonchev–Trinajstić information content (AvgIpc) is 3.53. The van der Waals surface area contributed by atoms with Gasteiger partial charge in [-0.1, -0.05) is 12.1 Å². The number of likely N-dealkylation sites (tertiary alicyclic amines) is 2. The van der Waals surface area contributed by atoms with Crippen LogP contribution in [0.15, 0.2) is 24.3 Å². The smallest absolute Gasteiger partial charge is 0.335 e. The zero-order valence-corrected chi connectivity index (χ0v) is 16.5. The van der Waals surface area contributed by atoms with Crippen molar-refractivity contribution in [3.63, 3.8) is 0 Å². The van der Waals surface area contributed by atoms with Gasteiger partial charge in [-0.3, -0.25) is 14.6 Å². The summed E-state index contributed by atoms with van der Waals surface area (Å²) in [5.41, 5.74) is 1.51. The Kier molecular flexibility index (Phi) is 5.97. The van der Waals surface area contributed by atoms with Crippen LogP contribution in [0.3, 0.4) is 0 Å². The minimum atomic E-state index is -0.877. The summed E-state index contributed by atoms with van der Waals surface area (Å²) < 4.78 is 0. The number of hydrogen-bond acceptors (Lipinski definition) is 4. The fourth-order valence-corrected chi connectivity index (χ4v) is 4.55. The number of carbonyl (C=O) groups is 2. The van der Waals surface area contributed by atoms with Crippen molar-refractivity contribution in [3.05, 3.63) is 35.4 Å². The van der Waals surface area contributed by atoms with Crippen molar-refractivity contribution in [2.24, 2.45) is 5.92 Å². The summed E-state index contributed by atoms with van der Waals surface area (Å²) >= 11 is 0. The number of piperidine rings is 2. The Hall–Kier alpha value is -1.92. The summed E-state index contributed by atoms with van der Waals surface area (Å²) in [6.07, 6.45) is 6.74. The molecule has 1 aromatic carbocycles. The molecule has 2 N–H and O–H groups in total. The van der Waals surface area contributed by atoms with Gasteiger partial charge in [-0.2, -0.15) is 0 Å². The van der Waals surface area contributed by atoms with Gasteiger partial charge in [0.2, 0.25) is 5.91 Å². The van der Waals surface area contributed by atoms with Gasteiger partial charge in [-0.15, -0.1) is 0 Å². The molecule has 0 spiro atoms. The van der Waals surface area contributed by atoms with Crippen LogP contribution in [-0.2, 0) is 11.3 Å². The second kappa shape index (κ2) is 8.62. The number of hydrogen-bond donors (Lipinski definition) is 2. The number of carboxylic acids is 1. The Morgan fingerprint density at radius 2 is 1.71 bits per heavy atom. The van der Waals surface area contributed by atoms with Crippen molar-refractivity contribution in [2.75, 3.05) is 26.2 Å². The zero-order valence-electron chi connectivity index (χ0n) is 16.5. The number of rotatable bonds is 6. The molecule has 0 bridgehead atoms. The van der Waals surface area contributed by atoms with Crippen molar-refractivity contribution in [1.82, 2.24) is 15.1 Å². The number of carbonyl (C=O) groups excluding carboxylic acids is 1. The SMILES string of the molecule is O=C(O)c1ccc(CN2CCC(N3CCC[C@@H](C(=O)NC4CC4)C3)CC2)cc1. The van der Waals surface area contributed by atoms with Crippen LogP contribution < -0.4 is 5.32 Å². The van der Waals surface area contributed by atoms with Crippen molar-refractivity contribution < 1.29 is 14.7 Å². The summed E-state index contributed by atoms with van der Waals surface area (Å²) in [5, 5.41) is 12.2. The van der Waals surface area contributed by atoms with Gasteiger partial charge >= 0.3 is 5.97 Å². The molecule has 152 valence electrons. The topological polar surface area (TPSA) is 72.9 Å². The molecule has 28 heavy (non-hydrogen) atoms. The third kappa shape index (κ3) is 4.92. The molecule has 6 heteroatoms. The second-order valence-electron chi connectivity index (χ2n) is 8.63. The highest BCUT2D eigenvalue weighted by Gasteiger charge is 2.33. The number of amides is 1. The van der Waals surface area contributed by atoms with Crippen LogP contribution >= 0.6 is 0 Å². The summed E-state index contributed by atoms with van der Waals surface area (Å²) in [7, 11) is 0. The predicted molar refractivity (Wildman–Crippen MR) is 107 cm³/mol. The summed E-state index contributed by atoms with van der Waals surface area (Å²) in [4.78, 5) is 28.4. The van der Waals surface area contributed by atoms with E-state index in [4.69, 9.17) is 5.11 Å². The minimum absolute atomic E-state index is 0.167. The highest BCUT2D eigenvalue weighted by Crippen LogP contribution is 2.26. The van der Waals surface area contributed by atoms with Gasteiger partial charge in [0.1, 0.15) is 0 Å². The summed E-state index contributed by atoms with van der Waals surface area (Å²) in [6.45, 7) is 5.02. The van der Waals surface area contributed by atoms with Gasteiger partial charge in [0, 0.05) is 25.2 Å². The molecule has 0 radical (unpaired) electrons. The lowest BCUT2D eigenvalue weighted by Gasteiger charge is -2.42. The molecule has 0 unspecified atom stereocenters. The van der Waals surface area contributed by atoms with E-state index in [1.807, 2.05) is 12.1 Å². The lowest BCUT2D eigenvalue weighted by Crippen LogP contribution is -2.50. The van der Waals surface area contributed by atoms with Crippen LogP contribution in [0.25, 0.3) is 0 Å². The van der Waals surface area contributed by atoms with Crippen LogP contribution in [0, 0.1) is 5.92 Å². The molecule has 4 rings (SSSR count). The average molecular weight is 386 g/mol. The van der Waals surface area contributed by atoms with Crippen molar-refractivity contribution in [1.29, 1.82) is 0 Å². The van der Waals surface area contributed by atoms with Gasteiger partial charge in [0.15, 0.2) is 0 Å². The third-order valence-electron chi connectivity index (χ3n) is 6.43. The fraction of sp³-hybridized carbons (Fsp3) is 0.636. The molecule has 2 heterocycles. The van der Waals surface area contributed by atoms with E-state index in [2.05, 4.69) is 15.1 Å². The van der Waals surface area contributed by atoms with Gasteiger partial charge in [0.05, 0.1) is 11.5 Å². The Morgan fingerprint density at radius 3 is 2.36 bits per heavy atom. The molecule has 3 aliphatic rings. The molecule has 2 saturated heterocycles. The van der Waals surface area contributed by atoms with Crippen molar-refractivity contribution in [2.45, 2.75) is 57.2 Å². The van der Waals surface area contributed by atoms with Crippen LogP contribution in [0.1, 0.15) is 54.4 Å². The van der Waals surface area contributed by atoms with Crippen LogP contribution in [0.2, 0.25) is 0 Å². The predicted octanol–water partition coefficient (Wildman–Crippen LogP) is 2.34. The largest absolute Gasteiger partial charge is 0.478 e. The molecular formula is C22H31N3O3. The van der Waals surface area contributed by atoms with E-state index < -0.39 is 5.97 Å². The highest BCUT2D eigenvalue weighted by atomic mass is 16.4. The van der Waals surface area contributed by atoms with Crippen molar-refractivity contribution >= 4 is 11.9 Å². The van der Waals surface area contributed by atoms with E-state index in [0.29, 0.717) is 17.6 Å². The molecule has 0 aromatic heterocycles. The number of nitrogens with zero attached hydrogens (tertiary/aromatic N) is 2. The maximum atomic E-state index is 12.4. The van der Waals surface area contributed by atoms with Gasteiger partial charge < -0.3 is 10.4 Å². The molecule has 2 aliphatic heterocycles. The molecule has 1 aromatic rings. The van der Waals surface area contributed by atoms with E-state index >= 15 is 0 Å². The van der Waals surface area contributed by atoms with Crippen LogP contribution in [0.5, 0.6) is 0 Å². The second-order valence-corrected chi connectivity index (χ2v) is 8.63. The fourth-order valence-electron chi connectivity index (χ4n) is 4.55. The third-order valence-corrected chi connectivity index (χ3v) is 6.43. The summed E-state index contributed by atoms with van der Waals surface area (Å²) in [5.74, 6) is -0.437. The maximum absolute atomic E-state index is 12.4. The maximum Gasteiger partial charge on any atom is 0.335 e. The molecule has 1 atom stereocenters. The Bertz CT molecular complexity index is 693. The number of benzene rings is 1. The zero-order chi connectivity index (χ0) is 19.5. The van der Waals surface area contributed by atoms with E-state index in [1.165, 1.54) is 5.56 Å². The van der Waals surface area contributed by atoms with Gasteiger partial charge in [-0.05, 0) is 75.9 Å². The lowest BCUT2D eigenvalue weighted by molar-refractivity contribution is -0.127. The van der Waals surface area contributed by atoms with E-state index in [9.17, 15) is 9.59 Å². The summed E-state index contributed by atoms with van der Waals surface area (Å²) in [6, 6.07) is 8.25. The van der Waals surface area contributed by atoms with Crippen LogP contribution in [-0.4, -0.2) is 65.0 Å². The molecular weight excluding hydrogens is 354 g/mol. The standard InChI is InChI=1S/C22H31N3O3/c26-21(23-19-7-8-19)18-2-1-11-25(15-18)20-9-12-24(13-10-20)14-16-3-5-17(6-4-16)22(27)28/h3-6,18-20H,1-2,7-15H2,(H,23,26)(H,27,28)/t18-/m1/s1. The highest BCUT2D eigenvalue weighted by molar-refractivity contribution is 5.87. The number of aromatic carboxylic acids is 1. The van der Waals surface area contributed by atoms with Crippen LogP contribution in [0.4, 0.5) is 0 Å². The quantitative estimate of drug-likeness (QED) is 0.786. The number of nitrogens with one attached hydrogen (secondary N) is 1. The van der Waals surface area contributed by atoms with E-state index in [0.717, 1.165) is 71.2 Å². The Balaban J connectivity index is 1.24. The Morgan fingerprint density at radius 1 is 1.00 bits per heavy atom. The number of carboxylic acid groups (broad SMARTS) is 1. The van der Waals surface area contributed by atoms with E-state index in [1.54, 1.807) is 12.1 Å². The first-order valence-electron chi connectivity index (χ1n) is 10.7. The van der Waals surface area contributed by atoms with E-state index in [-0.39, 0.29) is 11.8 Å². The first-order chi connectivity index (χ1) is 13.6. The van der Waals surface area contributed by atoms with Gasteiger partial charge in [0.25, 0.3) is 0 Å². The first-order valence-corrected chi connectivity index (χ1v) is 10.7. The lowest BCUT2D eigenvalue weighted by atomic mass is 9.93. The van der Waals surface area contributed by atoms with Crippen molar-refractivity contribution in [3.8, 4) is 0 Å². The molecule has 6 nitrogen and oxygen atoms in total. The Labute approximate surface area is 166 Å². The normalized spacial score (nSPS) is 24.8. The molecule has 1 saturated carbocycles. The van der Waals surface area contributed by atoms with Gasteiger partial charge in [-0.25, -0.2) is 4.79 Å². The monoisotopic (exact) mass is 385 g/mol. The molecule has 1 amide bonds. The first kappa shape index (κ1) is 19.4. The minimum Gasteiger partial charge on any atom is -0.478 e. The molecule has 1 aliphatic carbocycles.